The molecule has 8 heteroatoms. The van der Waals surface area contributed by atoms with E-state index in [4.69, 9.17) is 4.74 Å². The number of carbonyl (C=O) groups is 2. The van der Waals surface area contributed by atoms with Crippen molar-refractivity contribution in [1.82, 2.24) is 5.43 Å². The van der Waals surface area contributed by atoms with Crippen LogP contribution in [0.15, 0.2) is 90.0 Å². The van der Waals surface area contributed by atoms with Crippen LogP contribution in [0.4, 0.5) is 5.69 Å². The van der Waals surface area contributed by atoms with Crippen LogP contribution in [0.1, 0.15) is 31.8 Å². The standard InChI is InChI=1S/C26H19N3O5/c1-17-9-11-19(12-10-17)26(31)34-24-14-13-18-5-2-3-8-22(18)23(24)16-27-28-25(30)20-6-4-7-21(15-20)29(32)33/h2-16H,1H3,(H,28,30)/b27-16+. The molecular formula is C26H19N3O5. The molecule has 34 heavy (non-hydrogen) atoms. The van der Waals surface area contributed by atoms with E-state index >= 15 is 0 Å². The molecule has 0 aromatic heterocycles. The number of non-ortho nitro benzene ring substituents is 1. The summed E-state index contributed by atoms with van der Waals surface area (Å²) in [4.78, 5) is 35.5. The summed E-state index contributed by atoms with van der Waals surface area (Å²) in [6.45, 7) is 1.93. The Bertz CT molecular complexity index is 1430. The van der Waals surface area contributed by atoms with E-state index in [-0.39, 0.29) is 17.0 Å². The van der Waals surface area contributed by atoms with Crippen LogP contribution in [0.5, 0.6) is 5.75 Å². The molecule has 0 radical (unpaired) electrons. The third-order valence-corrected chi connectivity index (χ3v) is 5.10. The van der Waals surface area contributed by atoms with E-state index in [2.05, 4.69) is 10.5 Å². The maximum absolute atomic E-state index is 12.7. The van der Waals surface area contributed by atoms with Crippen LogP contribution in [-0.4, -0.2) is 23.0 Å². The second-order valence-electron chi connectivity index (χ2n) is 7.46. The number of aryl methyl sites for hydroxylation is 1. The maximum Gasteiger partial charge on any atom is 0.343 e. The molecule has 0 heterocycles. The molecule has 8 nitrogen and oxygen atoms in total. The molecule has 0 saturated carbocycles. The van der Waals surface area contributed by atoms with Crippen molar-refractivity contribution in [2.24, 2.45) is 5.10 Å². The summed E-state index contributed by atoms with van der Waals surface area (Å²) in [6, 6.07) is 23.3. The molecule has 1 amide bonds. The van der Waals surface area contributed by atoms with Gasteiger partial charge in [-0.15, -0.1) is 0 Å². The number of nitrogens with zero attached hydrogens (tertiary/aromatic N) is 2. The van der Waals surface area contributed by atoms with E-state index in [9.17, 15) is 19.7 Å². The first-order chi connectivity index (χ1) is 16.4. The number of esters is 1. The quantitative estimate of drug-likeness (QED) is 0.145. The van der Waals surface area contributed by atoms with Crippen molar-refractivity contribution in [1.29, 1.82) is 0 Å². The van der Waals surface area contributed by atoms with Gasteiger partial charge >= 0.3 is 5.97 Å². The number of carbonyl (C=O) groups excluding carboxylic acids is 2. The highest BCUT2D eigenvalue weighted by Crippen LogP contribution is 2.27. The van der Waals surface area contributed by atoms with Crippen molar-refractivity contribution in [3.63, 3.8) is 0 Å². The molecule has 1 N–H and O–H groups in total. The van der Waals surface area contributed by atoms with Gasteiger partial charge in [0.15, 0.2) is 0 Å². The molecule has 0 unspecified atom stereocenters. The van der Waals surface area contributed by atoms with Gasteiger partial charge in [-0.3, -0.25) is 14.9 Å². The zero-order chi connectivity index (χ0) is 24.1. The minimum atomic E-state index is -0.613. The Labute approximate surface area is 194 Å². The summed E-state index contributed by atoms with van der Waals surface area (Å²) >= 11 is 0. The fraction of sp³-hybridized carbons (Fsp3) is 0.0385. The van der Waals surface area contributed by atoms with Crippen molar-refractivity contribution in [2.75, 3.05) is 0 Å². The molecule has 0 saturated heterocycles. The monoisotopic (exact) mass is 453 g/mol. The van der Waals surface area contributed by atoms with Gasteiger partial charge in [-0.2, -0.15) is 5.10 Å². The van der Waals surface area contributed by atoms with Crippen molar-refractivity contribution in [2.45, 2.75) is 6.92 Å². The number of hydrogen-bond acceptors (Lipinski definition) is 6. The largest absolute Gasteiger partial charge is 0.422 e. The highest BCUT2D eigenvalue weighted by atomic mass is 16.6. The topological polar surface area (TPSA) is 111 Å². The lowest BCUT2D eigenvalue weighted by Gasteiger charge is -2.11. The van der Waals surface area contributed by atoms with Crippen molar-refractivity contribution in [3.8, 4) is 5.75 Å². The van der Waals surface area contributed by atoms with Gasteiger partial charge in [-0.05, 0) is 42.0 Å². The summed E-state index contributed by atoms with van der Waals surface area (Å²) in [5.41, 5.74) is 4.18. The summed E-state index contributed by atoms with van der Waals surface area (Å²) in [7, 11) is 0. The van der Waals surface area contributed by atoms with Gasteiger partial charge in [0.05, 0.1) is 16.7 Å². The second kappa shape index (κ2) is 9.74. The molecular weight excluding hydrogens is 434 g/mol. The van der Waals surface area contributed by atoms with Crippen LogP contribution < -0.4 is 10.2 Å². The summed E-state index contributed by atoms with van der Waals surface area (Å²) in [5.74, 6) is -0.860. The molecule has 0 aliphatic heterocycles. The lowest BCUT2D eigenvalue weighted by molar-refractivity contribution is -0.384. The Balaban J connectivity index is 1.61. The second-order valence-corrected chi connectivity index (χ2v) is 7.46. The Morgan fingerprint density at radius 2 is 1.71 bits per heavy atom. The van der Waals surface area contributed by atoms with Gasteiger partial charge in [0.25, 0.3) is 11.6 Å². The molecule has 0 spiro atoms. The first-order valence-electron chi connectivity index (χ1n) is 10.3. The van der Waals surface area contributed by atoms with Gasteiger partial charge in [0, 0.05) is 23.3 Å². The number of rotatable bonds is 6. The third kappa shape index (κ3) is 4.97. The number of benzene rings is 4. The molecule has 0 fully saturated rings. The normalized spacial score (nSPS) is 10.9. The smallest absolute Gasteiger partial charge is 0.343 e. The van der Waals surface area contributed by atoms with Gasteiger partial charge in [0.1, 0.15) is 5.75 Å². The first kappa shape index (κ1) is 22.3. The Kier molecular flexibility index (Phi) is 6.40. The molecule has 4 aromatic carbocycles. The number of nitro benzene ring substituents is 1. The molecule has 4 aromatic rings. The van der Waals surface area contributed by atoms with E-state index < -0.39 is 16.8 Å². The fourth-order valence-electron chi connectivity index (χ4n) is 3.33. The van der Waals surface area contributed by atoms with Gasteiger partial charge < -0.3 is 4.74 Å². The van der Waals surface area contributed by atoms with Crippen LogP contribution in [0.25, 0.3) is 10.8 Å². The van der Waals surface area contributed by atoms with Crippen LogP contribution in [0.3, 0.4) is 0 Å². The van der Waals surface area contributed by atoms with E-state index in [0.717, 1.165) is 22.4 Å². The van der Waals surface area contributed by atoms with Crippen LogP contribution in [0, 0.1) is 17.0 Å². The zero-order valence-electron chi connectivity index (χ0n) is 18.1. The number of ether oxygens (including phenoxy) is 1. The number of nitrogens with one attached hydrogen (secondary N) is 1. The predicted octanol–water partition coefficient (Wildman–Crippen LogP) is 5.04. The Morgan fingerprint density at radius 3 is 2.47 bits per heavy atom. The third-order valence-electron chi connectivity index (χ3n) is 5.10. The molecule has 0 bridgehead atoms. The highest BCUT2D eigenvalue weighted by molar-refractivity contribution is 6.04. The summed E-state index contributed by atoms with van der Waals surface area (Å²) in [6.07, 6.45) is 1.38. The summed E-state index contributed by atoms with van der Waals surface area (Å²) in [5, 5.41) is 16.6. The van der Waals surface area contributed by atoms with E-state index in [1.165, 1.54) is 24.4 Å². The van der Waals surface area contributed by atoms with Crippen molar-refractivity contribution in [3.05, 3.63) is 117 Å². The average molecular weight is 453 g/mol. The average Bonchev–Trinajstić information content (AvgIpc) is 2.85. The molecule has 0 aliphatic rings. The lowest BCUT2D eigenvalue weighted by Crippen LogP contribution is -2.18. The number of hydrogen-bond donors (Lipinski definition) is 1. The van der Waals surface area contributed by atoms with E-state index in [1.54, 1.807) is 18.2 Å². The fourth-order valence-corrected chi connectivity index (χ4v) is 3.33. The van der Waals surface area contributed by atoms with Gasteiger partial charge in [-0.25, -0.2) is 10.2 Å². The molecule has 0 aliphatic carbocycles. The highest BCUT2D eigenvalue weighted by Gasteiger charge is 2.14. The number of fused-ring (bicyclic) bond motifs is 1. The summed E-state index contributed by atoms with van der Waals surface area (Å²) < 4.78 is 5.65. The number of hydrazone groups is 1. The first-order valence-corrected chi connectivity index (χ1v) is 10.3. The minimum absolute atomic E-state index is 0.0929. The minimum Gasteiger partial charge on any atom is -0.422 e. The molecule has 168 valence electrons. The van der Waals surface area contributed by atoms with E-state index in [0.29, 0.717) is 11.1 Å². The number of amides is 1. The SMILES string of the molecule is Cc1ccc(C(=O)Oc2ccc3ccccc3c2/C=N/NC(=O)c2cccc([N+](=O)[O-])c2)cc1. The molecule has 0 atom stereocenters. The zero-order valence-corrected chi connectivity index (χ0v) is 18.1. The van der Waals surface area contributed by atoms with Crippen molar-refractivity contribution >= 4 is 34.6 Å². The van der Waals surface area contributed by atoms with Crippen LogP contribution in [-0.2, 0) is 0 Å². The van der Waals surface area contributed by atoms with Crippen molar-refractivity contribution < 1.29 is 19.2 Å². The maximum atomic E-state index is 12.7. The van der Waals surface area contributed by atoms with Gasteiger partial charge in [0.2, 0.25) is 0 Å². The molecule has 4 rings (SSSR count). The Morgan fingerprint density at radius 1 is 0.941 bits per heavy atom. The van der Waals surface area contributed by atoms with Crippen LogP contribution in [0.2, 0.25) is 0 Å². The van der Waals surface area contributed by atoms with Crippen LogP contribution >= 0.6 is 0 Å². The van der Waals surface area contributed by atoms with Gasteiger partial charge in [-0.1, -0.05) is 54.1 Å². The lowest BCUT2D eigenvalue weighted by atomic mass is 10.0. The number of nitro groups is 1. The Hall–Kier alpha value is -4.85. The van der Waals surface area contributed by atoms with E-state index in [1.807, 2.05) is 49.4 Å². The predicted molar refractivity (Wildman–Crippen MR) is 128 cm³/mol.